The lowest BCUT2D eigenvalue weighted by Crippen LogP contribution is -2.44. The van der Waals surface area contributed by atoms with E-state index in [1.54, 1.807) is 13.3 Å². The van der Waals surface area contributed by atoms with E-state index in [4.69, 9.17) is 4.74 Å². The molecule has 1 saturated heterocycles. The number of ether oxygens (including phenoxy) is 1. The second-order valence-electron chi connectivity index (χ2n) is 8.00. The lowest BCUT2D eigenvalue weighted by atomic mass is 9.98. The molecule has 6 nitrogen and oxygen atoms in total. The molecule has 3 rings (SSSR count). The minimum atomic E-state index is -0.370. The predicted molar refractivity (Wildman–Crippen MR) is 124 cm³/mol. The fourth-order valence-electron chi connectivity index (χ4n) is 3.83. The van der Waals surface area contributed by atoms with Crippen molar-refractivity contribution in [3.8, 4) is 11.8 Å². The van der Waals surface area contributed by atoms with Gasteiger partial charge in [0.15, 0.2) is 0 Å². The molecule has 2 aromatic rings. The Morgan fingerprint density at radius 1 is 1.13 bits per heavy atom. The molecule has 1 fully saturated rings. The first-order valence-electron chi connectivity index (χ1n) is 10.6. The zero-order chi connectivity index (χ0) is 22.4. The molecule has 1 N–H and O–H groups in total. The quantitative estimate of drug-likeness (QED) is 0.560. The van der Waals surface area contributed by atoms with Gasteiger partial charge in [-0.2, -0.15) is 5.26 Å². The van der Waals surface area contributed by atoms with E-state index in [1.165, 1.54) is 0 Å². The Kier molecular flexibility index (Phi) is 7.19. The highest BCUT2D eigenvalue weighted by Gasteiger charge is 2.20. The van der Waals surface area contributed by atoms with Crippen molar-refractivity contribution in [2.45, 2.75) is 26.7 Å². The molecule has 0 atom stereocenters. The first-order valence-corrected chi connectivity index (χ1v) is 10.6. The van der Waals surface area contributed by atoms with E-state index >= 15 is 0 Å². The number of nitrogens with zero attached hydrogens (tertiary/aromatic N) is 3. The van der Waals surface area contributed by atoms with Gasteiger partial charge in [0.2, 0.25) is 0 Å². The maximum Gasteiger partial charge on any atom is 0.267 e. The summed E-state index contributed by atoms with van der Waals surface area (Å²) in [5.74, 6) is 0.751. The molecule has 1 aliphatic rings. The molecular formula is C25H30N4O2. The van der Waals surface area contributed by atoms with Crippen LogP contribution in [0.1, 0.15) is 30.9 Å². The number of hydrogen-bond acceptors (Lipinski definition) is 5. The van der Waals surface area contributed by atoms with E-state index in [0.29, 0.717) is 0 Å². The fraction of sp³-hybridized carbons (Fsp3) is 0.360. The van der Waals surface area contributed by atoms with Crippen LogP contribution in [0.3, 0.4) is 0 Å². The summed E-state index contributed by atoms with van der Waals surface area (Å²) in [7, 11) is 1.68. The number of aryl methyl sites for hydroxylation is 1. The Bertz CT molecular complexity index is 999. The molecule has 1 amide bonds. The number of para-hydroxylation sites is 3. The van der Waals surface area contributed by atoms with Crippen molar-refractivity contribution >= 4 is 17.3 Å². The molecule has 1 aliphatic heterocycles. The van der Waals surface area contributed by atoms with Gasteiger partial charge in [-0.25, -0.2) is 0 Å². The Balaban J connectivity index is 1.69. The molecule has 0 aliphatic carbocycles. The predicted octanol–water partition coefficient (Wildman–Crippen LogP) is 4.30. The van der Waals surface area contributed by atoms with Crippen molar-refractivity contribution in [2.75, 3.05) is 43.5 Å². The monoisotopic (exact) mass is 418 g/mol. The van der Waals surface area contributed by atoms with Crippen molar-refractivity contribution < 1.29 is 9.53 Å². The molecule has 0 radical (unpaired) electrons. The van der Waals surface area contributed by atoms with Gasteiger partial charge < -0.3 is 19.9 Å². The summed E-state index contributed by atoms with van der Waals surface area (Å²) in [5.41, 5.74) is 4.03. The molecule has 0 aromatic heterocycles. The number of nitriles is 1. The lowest BCUT2D eigenvalue weighted by molar-refractivity contribution is -0.112. The highest BCUT2D eigenvalue weighted by molar-refractivity contribution is 6.07. The normalized spacial score (nSPS) is 14.4. The van der Waals surface area contributed by atoms with Crippen LogP contribution in [-0.4, -0.2) is 44.1 Å². The third-order valence-electron chi connectivity index (χ3n) is 5.58. The van der Waals surface area contributed by atoms with Gasteiger partial charge in [0.05, 0.1) is 12.8 Å². The Morgan fingerprint density at radius 2 is 1.84 bits per heavy atom. The van der Waals surface area contributed by atoms with Crippen LogP contribution in [-0.2, 0) is 4.79 Å². The summed E-state index contributed by atoms with van der Waals surface area (Å²) < 4.78 is 5.47. The molecule has 0 unspecified atom stereocenters. The zero-order valence-electron chi connectivity index (χ0n) is 18.7. The first kappa shape index (κ1) is 22.2. The Hall–Kier alpha value is -3.46. The maximum atomic E-state index is 12.9. The summed E-state index contributed by atoms with van der Waals surface area (Å²) in [6, 6.07) is 16.0. The molecule has 0 saturated carbocycles. The van der Waals surface area contributed by atoms with E-state index in [1.807, 2.05) is 54.3 Å². The topological polar surface area (TPSA) is 68.6 Å². The number of carbonyl (C=O) groups excluding carboxylic acids is 1. The SMILES string of the molecule is COc1ccccc1N1CCN(/C=C(/C#N)C(=O)Nc2c(C)cccc2C(C)C)CC1. The number of piperazine rings is 1. The van der Waals surface area contributed by atoms with E-state index in [2.05, 4.69) is 30.1 Å². The summed E-state index contributed by atoms with van der Waals surface area (Å²) in [4.78, 5) is 17.2. The maximum absolute atomic E-state index is 12.9. The molecule has 31 heavy (non-hydrogen) atoms. The Labute approximate surface area is 184 Å². The van der Waals surface area contributed by atoms with Gasteiger partial charge in [0.1, 0.15) is 17.4 Å². The van der Waals surface area contributed by atoms with Gasteiger partial charge in [0.25, 0.3) is 5.91 Å². The van der Waals surface area contributed by atoms with Gasteiger partial charge >= 0.3 is 0 Å². The van der Waals surface area contributed by atoms with Crippen molar-refractivity contribution in [1.82, 2.24) is 4.90 Å². The first-order chi connectivity index (χ1) is 14.9. The highest BCUT2D eigenvalue weighted by Crippen LogP contribution is 2.29. The largest absolute Gasteiger partial charge is 0.495 e. The Morgan fingerprint density at radius 3 is 2.48 bits per heavy atom. The van der Waals surface area contributed by atoms with Crippen LogP contribution in [0.4, 0.5) is 11.4 Å². The minimum absolute atomic E-state index is 0.115. The van der Waals surface area contributed by atoms with E-state index < -0.39 is 0 Å². The van der Waals surface area contributed by atoms with Crippen molar-refractivity contribution in [3.63, 3.8) is 0 Å². The fourth-order valence-corrected chi connectivity index (χ4v) is 3.83. The van der Waals surface area contributed by atoms with E-state index in [9.17, 15) is 10.1 Å². The van der Waals surface area contributed by atoms with Crippen molar-refractivity contribution in [1.29, 1.82) is 5.26 Å². The zero-order valence-corrected chi connectivity index (χ0v) is 18.7. The third kappa shape index (κ3) is 5.18. The lowest BCUT2D eigenvalue weighted by Gasteiger charge is -2.36. The van der Waals surface area contributed by atoms with Crippen LogP contribution >= 0.6 is 0 Å². The van der Waals surface area contributed by atoms with Gasteiger partial charge in [-0.1, -0.05) is 44.2 Å². The molecule has 162 valence electrons. The number of nitrogens with one attached hydrogen (secondary N) is 1. The summed E-state index contributed by atoms with van der Waals surface area (Å²) >= 11 is 0. The van der Waals surface area contributed by atoms with Gasteiger partial charge in [-0.05, 0) is 36.1 Å². The number of carbonyl (C=O) groups is 1. The smallest absolute Gasteiger partial charge is 0.267 e. The average molecular weight is 419 g/mol. The molecule has 2 aromatic carbocycles. The van der Waals surface area contributed by atoms with E-state index in [-0.39, 0.29) is 17.4 Å². The van der Waals surface area contributed by atoms with Crippen molar-refractivity contribution in [3.05, 3.63) is 65.4 Å². The van der Waals surface area contributed by atoms with Gasteiger partial charge in [-0.15, -0.1) is 0 Å². The minimum Gasteiger partial charge on any atom is -0.495 e. The number of anilines is 2. The number of amides is 1. The second kappa shape index (κ2) is 10.0. The van der Waals surface area contributed by atoms with E-state index in [0.717, 1.165) is 54.4 Å². The molecular weight excluding hydrogens is 388 g/mol. The van der Waals surface area contributed by atoms with Crippen molar-refractivity contribution in [2.24, 2.45) is 0 Å². The standard InChI is InChI=1S/C25H30N4O2/c1-18(2)21-9-7-8-19(3)24(21)27-25(30)20(16-26)17-28-12-14-29(15-13-28)22-10-5-6-11-23(22)31-4/h5-11,17-18H,12-15H2,1-4H3,(H,27,30)/b20-17-. The van der Waals surface area contributed by atoms with Gasteiger partial charge in [-0.3, -0.25) is 4.79 Å². The highest BCUT2D eigenvalue weighted by atomic mass is 16.5. The second-order valence-corrected chi connectivity index (χ2v) is 8.00. The van der Waals surface area contributed by atoms with Crippen LogP contribution in [0.25, 0.3) is 0 Å². The van der Waals surface area contributed by atoms with Crippen LogP contribution < -0.4 is 15.0 Å². The van der Waals surface area contributed by atoms with Crippen LogP contribution in [0.2, 0.25) is 0 Å². The number of benzene rings is 2. The molecule has 6 heteroatoms. The average Bonchev–Trinajstić information content (AvgIpc) is 2.78. The summed E-state index contributed by atoms with van der Waals surface area (Å²) in [6.07, 6.45) is 1.68. The molecule has 0 spiro atoms. The van der Waals surface area contributed by atoms with Crippen LogP contribution in [0.5, 0.6) is 5.75 Å². The number of methoxy groups -OCH3 is 1. The van der Waals surface area contributed by atoms with Crippen LogP contribution in [0, 0.1) is 18.3 Å². The third-order valence-corrected chi connectivity index (χ3v) is 5.58. The number of rotatable bonds is 6. The summed E-state index contributed by atoms with van der Waals surface area (Å²) in [6.45, 7) is 9.16. The van der Waals surface area contributed by atoms with Gasteiger partial charge in [0, 0.05) is 38.1 Å². The molecule has 1 heterocycles. The number of hydrogen-bond donors (Lipinski definition) is 1. The summed E-state index contributed by atoms with van der Waals surface area (Å²) in [5, 5.41) is 12.6. The molecule has 0 bridgehead atoms. The van der Waals surface area contributed by atoms with Crippen LogP contribution in [0.15, 0.2) is 54.2 Å².